The van der Waals surface area contributed by atoms with E-state index in [9.17, 15) is 18.9 Å². The summed E-state index contributed by atoms with van der Waals surface area (Å²) in [5, 5.41) is 19.0. The number of aromatic nitrogens is 1. The van der Waals surface area contributed by atoms with Crippen molar-refractivity contribution in [1.82, 2.24) is 4.98 Å². The van der Waals surface area contributed by atoms with E-state index in [1.807, 2.05) is 50.2 Å². The Hall–Kier alpha value is -3.30. The Morgan fingerprint density at radius 1 is 1.14 bits per heavy atom. The van der Waals surface area contributed by atoms with Crippen LogP contribution in [-0.2, 0) is 13.9 Å². The van der Waals surface area contributed by atoms with Gasteiger partial charge in [0.15, 0.2) is 0 Å². The number of hydrogen-bond acceptors (Lipinski definition) is 5. The maximum Gasteiger partial charge on any atom is 0.305 e. The van der Waals surface area contributed by atoms with Crippen molar-refractivity contribution in [3.63, 3.8) is 0 Å². The zero-order valence-electron chi connectivity index (χ0n) is 20.7. The van der Waals surface area contributed by atoms with E-state index in [1.165, 1.54) is 13.2 Å². The third-order valence-corrected chi connectivity index (χ3v) is 7.58. The van der Waals surface area contributed by atoms with Gasteiger partial charge in [0.2, 0.25) is 0 Å². The molecule has 0 saturated carbocycles. The lowest BCUT2D eigenvalue weighted by molar-refractivity contribution is -0.138. The van der Waals surface area contributed by atoms with E-state index in [2.05, 4.69) is 11.6 Å². The Labute approximate surface area is 210 Å². The number of carboxylic acids is 1. The zero-order chi connectivity index (χ0) is 26.5. The zero-order valence-corrected chi connectivity index (χ0v) is 21.6. The fraction of sp³-hybridized carbons (Fsp3) is 0.286. The summed E-state index contributed by atoms with van der Waals surface area (Å²) in [6.45, 7) is 5.61. The summed E-state index contributed by atoms with van der Waals surface area (Å²) in [5.74, 6) is 1.37. The van der Waals surface area contributed by atoms with Crippen LogP contribution in [0.1, 0.15) is 43.0 Å². The van der Waals surface area contributed by atoms with Crippen molar-refractivity contribution < 1.29 is 28.5 Å². The molecule has 2 aromatic carbocycles. The monoisotopic (exact) mass is 509 g/mol. The van der Waals surface area contributed by atoms with E-state index in [-0.39, 0.29) is 11.7 Å². The molecule has 0 aliphatic rings. The van der Waals surface area contributed by atoms with Crippen molar-refractivity contribution in [3.8, 4) is 34.0 Å². The number of aliphatic hydroxyl groups excluding tert-OH is 1. The van der Waals surface area contributed by atoms with Gasteiger partial charge in [-0.25, -0.2) is 4.39 Å². The van der Waals surface area contributed by atoms with Gasteiger partial charge < -0.3 is 14.7 Å². The molecule has 1 aromatic heterocycles. The van der Waals surface area contributed by atoms with Gasteiger partial charge in [-0.1, -0.05) is 56.2 Å². The summed E-state index contributed by atoms with van der Waals surface area (Å²) >= 11 is 0. The molecule has 0 saturated heterocycles. The van der Waals surface area contributed by atoms with E-state index in [1.54, 1.807) is 19.1 Å². The molecule has 0 amide bonds. The highest BCUT2D eigenvalue weighted by atomic mass is 31.2. The standard InChI is InChI=1S/C28H29FNO5P/c1-18(2)28-23(12-13-36(34,35-4)17-22(31)15-27(32)33)24(21-10-11-25(29)19(3)14-21)16-26(30-28)20-8-6-5-7-9-20/h5-11,14,16,18,22,31H,15,17H2,1-4H3,(H,32,33)/t22-,36?/m0/s1. The first-order valence-electron chi connectivity index (χ1n) is 11.5. The molecule has 3 rings (SSSR count). The second-order valence-corrected chi connectivity index (χ2v) is 11.1. The van der Waals surface area contributed by atoms with Gasteiger partial charge >= 0.3 is 5.97 Å². The normalized spacial score (nSPS) is 13.5. The lowest BCUT2D eigenvalue weighted by Gasteiger charge is -2.17. The largest absolute Gasteiger partial charge is 0.481 e. The summed E-state index contributed by atoms with van der Waals surface area (Å²) in [6.07, 6.45) is -2.36. The Bertz CT molecular complexity index is 1360. The number of carboxylic acid groups (broad SMARTS) is 1. The molecule has 0 bridgehead atoms. The smallest absolute Gasteiger partial charge is 0.305 e. The number of nitrogens with zero attached hydrogens (tertiary/aromatic N) is 1. The van der Waals surface area contributed by atoms with Crippen LogP contribution < -0.4 is 0 Å². The number of aliphatic carboxylic acids is 1. The minimum Gasteiger partial charge on any atom is -0.481 e. The van der Waals surface area contributed by atoms with E-state index in [4.69, 9.17) is 14.6 Å². The lowest BCUT2D eigenvalue weighted by atomic mass is 9.92. The van der Waals surface area contributed by atoms with Gasteiger partial charge in [0.1, 0.15) is 5.82 Å². The fourth-order valence-corrected chi connectivity index (χ4v) is 5.06. The number of rotatable bonds is 8. The van der Waals surface area contributed by atoms with Crippen molar-refractivity contribution in [2.24, 2.45) is 0 Å². The van der Waals surface area contributed by atoms with Crippen molar-refractivity contribution >= 4 is 13.3 Å². The van der Waals surface area contributed by atoms with Gasteiger partial charge in [-0.05, 0) is 47.8 Å². The van der Waals surface area contributed by atoms with Crippen molar-refractivity contribution in [2.45, 2.75) is 39.2 Å². The van der Waals surface area contributed by atoms with Crippen LogP contribution in [0.5, 0.6) is 0 Å². The molecule has 0 radical (unpaired) electrons. The number of pyridine rings is 1. The number of carbonyl (C=O) groups is 1. The highest BCUT2D eigenvalue weighted by Crippen LogP contribution is 2.46. The Morgan fingerprint density at radius 2 is 1.83 bits per heavy atom. The number of hydrogen-bond donors (Lipinski definition) is 2. The molecule has 1 heterocycles. The first-order chi connectivity index (χ1) is 17.0. The quantitative estimate of drug-likeness (QED) is 0.283. The molecule has 3 aromatic rings. The highest BCUT2D eigenvalue weighted by Gasteiger charge is 2.26. The number of aliphatic hydroxyl groups is 1. The molecule has 36 heavy (non-hydrogen) atoms. The molecule has 0 fully saturated rings. The summed E-state index contributed by atoms with van der Waals surface area (Å²) in [5.41, 5.74) is 7.35. The van der Waals surface area contributed by atoms with Crippen molar-refractivity contribution in [1.29, 1.82) is 0 Å². The fourth-order valence-electron chi connectivity index (χ4n) is 3.76. The average Bonchev–Trinajstić information content (AvgIpc) is 2.84. The van der Waals surface area contributed by atoms with Crippen LogP contribution >= 0.6 is 7.37 Å². The van der Waals surface area contributed by atoms with Crippen LogP contribution in [0.4, 0.5) is 4.39 Å². The third-order valence-electron chi connectivity index (χ3n) is 5.64. The topological polar surface area (TPSA) is 96.7 Å². The molecule has 0 spiro atoms. The molecule has 6 nitrogen and oxygen atoms in total. The van der Waals surface area contributed by atoms with Crippen molar-refractivity contribution in [3.05, 3.63) is 77.2 Å². The van der Waals surface area contributed by atoms with E-state index in [0.717, 1.165) is 11.1 Å². The second kappa shape index (κ2) is 11.6. The predicted octanol–water partition coefficient (Wildman–Crippen LogP) is 6.06. The highest BCUT2D eigenvalue weighted by molar-refractivity contribution is 7.64. The molecule has 0 aliphatic heterocycles. The van der Waals surface area contributed by atoms with Crippen molar-refractivity contribution in [2.75, 3.05) is 13.3 Å². The van der Waals surface area contributed by atoms with Crippen LogP contribution in [0.25, 0.3) is 22.4 Å². The van der Waals surface area contributed by atoms with Gasteiger partial charge in [0, 0.05) is 18.2 Å². The molecule has 0 aliphatic carbocycles. The van der Waals surface area contributed by atoms with Gasteiger partial charge in [0.25, 0.3) is 7.37 Å². The molecule has 2 N–H and O–H groups in total. The molecule has 2 atom stereocenters. The molecular weight excluding hydrogens is 480 g/mol. The predicted molar refractivity (Wildman–Crippen MR) is 139 cm³/mol. The maximum atomic E-state index is 14.1. The number of benzene rings is 2. The van der Waals surface area contributed by atoms with Gasteiger partial charge in [-0.15, -0.1) is 0 Å². The third kappa shape index (κ3) is 6.67. The second-order valence-electron chi connectivity index (χ2n) is 8.83. The van der Waals surface area contributed by atoms with Gasteiger partial charge in [-0.2, -0.15) is 0 Å². The SMILES string of the molecule is COP(=O)(C#Cc1c(-c2ccc(F)c(C)c2)cc(-c2ccccc2)nc1C(C)C)C[C@@H](O)CC(=O)O. The first-order valence-corrected chi connectivity index (χ1v) is 13.3. The Morgan fingerprint density at radius 3 is 2.42 bits per heavy atom. The molecular formula is C28H29FNO5P. The number of aryl methyl sites for hydroxylation is 1. The van der Waals surface area contributed by atoms with Gasteiger partial charge in [0.05, 0.1) is 35.6 Å². The lowest BCUT2D eigenvalue weighted by Crippen LogP contribution is -2.17. The number of halogens is 1. The van der Waals surface area contributed by atoms with Gasteiger partial charge in [-0.3, -0.25) is 14.3 Å². The minimum atomic E-state index is -3.69. The molecule has 8 heteroatoms. The Kier molecular flexibility index (Phi) is 8.81. The summed E-state index contributed by atoms with van der Waals surface area (Å²) in [7, 11) is -2.47. The van der Waals surface area contributed by atoms with E-state index in [0.29, 0.717) is 28.1 Å². The first kappa shape index (κ1) is 27.3. The molecule has 1 unspecified atom stereocenters. The average molecular weight is 510 g/mol. The Balaban J connectivity index is 2.24. The van der Waals surface area contributed by atoms with Crippen LogP contribution in [0.2, 0.25) is 0 Å². The van der Waals surface area contributed by atoms with Crippen LogP contribution in [-0.4, -0.2) is 40.5 Å². The summed E-state index contributed by atoms with van der Waals surface area (Å²) in [4.78, 5) is 15.8. The maximum absolute atomic E-state index is 14.1. The summed E-state index contributed by atoms with van der Waals surface area (Å²) < 4.78 is 32.5. The van der Waals surface area contributed by atoms with Crippen LogP contribution in [0.3, 0.4) is 0 Å². The van der Waals surface area contributed by atoms with E-state index < -0.39 is 32.0 Å². The van der Waals surface area contributed by atoms with E-state index >= 15 is 0 Å². The van der Waals surface area contributed by atoms with Crippen LogP contribution in [0, 0.1) is 24.3 Å². The summed E-state index contributed by atoms with van der Waals surface area (Å²) in [6, 6.07) is 16.3. The molecule has 188 valence electrons. The van der Waals surface area contributed by atoms with Crippen LogP contribution in [0.15, 0.2) is 54.6 Å². The minimum absolute atomic E-state index is 0.0576.